The molecule has 0 aromatic heterocycles. The van der Waals surface area contributed by atoms with Crippen LogP contribution in [-0.4, -0.2) is 5.97 Å². The molecule has 0 saturated carbocycles. The average Bonchev–Trinajstić information content (AvgIpc) is 1.85. The smallest absolute Gasteiger partial charge is 0.324 e. The fraction of sp³-hybridized carbons (Fsp3) is 0.333. The van der Waals surface area contributed by atoms with Gasteiger partial charge in [-0.25, -0.2) is 0 Å². The van der Waals surface area contributed by atoms with Crippen LogP contribution in [0.5, 0.6) is 0 Å². The van der Waals surface area contributed by atoms with Crippen molar-refractivity contribution < 1.29 is 9.53 Å². The normalized spacial score (nSPS) is 8.89. The van der Waals surface area contributed by atoms with Crippen molar-refractivity contribution in [2.24, 2.45) is 0 Å². The van der Waals surface area contributed by atoms with Gasteiger partial charge in [0.2, 0.25) is 0 Å². The Balaban J connectivity index is 3.42. The van der Waals surface area contributed by atoms with Crippen LogP contribution in [0, 0.1) is 11.3 Å². The van der Waals surface area contributed by atoms with Crippen LogP contribution < -0.4 is 0 Å². The van der Waals surface area contributed by atoms with E-state index in [1.54, 1.807) is 19.1 Å². The molecule has 0 radical (unpaired) electrons. The Morgan fingerprint density at radius 3 is 3.00 bits per heavy atom. The van der Waals surface area contributed by atoms with Gasteiger partial charge in [-0.05, 0) is 6.92 Å². The summed E-state index contributed by atoms with van der Waals surface area (Å²) in [6.07, 6.45) is 2.64. The highest BCUT2D eigenvalue weighted by Crippen LogP contribution is 1.84. The van der Waals surface area contributed by atoms with E-state index in [2.05, 4.69) is 4.74 Å². The summed E-state index contributed by atoms with van der Waals surface area (Å²) >= 11 is 0. The monoisotopic (exact) mass is 125 g/mol. The van der Waals surface area contributed by atoms with Crippen LogP contribution in [-0.2, 0) is 9.53 Å². The van der Waals surface area contributed by atoms with Crippen molar-refractivity contribution in [2.45, 2.75) is 13.3 Å². The van der Waals surface area contributed by atoms with Crippen molar-refractivity contribution in [3.63, 3.8) is 0 Å². The number of nitrogens with zero attached hydrogens (tertiary/aromatic N) is 1. The van der Waals surface area contributed by atoms with Crippen LogP contribution >= 0.6 is 0 Å². The maximum Gasteiger partial charge on any atom is 0.324 e. The number of hydrogen-bond acceptors (Lipinski definition) is 3. The molecular formula is C6H7NO2. The second kappa shape index (κ2) is 4.85. The molecular weight excluding hydrogens is 118 g/mol. The summed E-state index contributed by atoms with van der Waals surface area (Å²) in [6.45, 7) is 1.72. The summed E-state index contributed by atoms with van der Waals surface area (Å²) < 4.78 is 4.39. The predicted octanol–water partition coefficient (Wildman–Crippen LogP) is 0.977. The lowest BCUT2D eigenvalue weighted by Gasteiger charge is -1.88. The SMILES string of the molecule is C/C=C/OC(=O)CC#N. The van der Waals surface area contributed by atoms with Crippen molar-refractivity contribution in [1.82, 2.24) is 0 Å². The molecule has 0 aromatic rings. The summed E-state index contributed by atoms with van der Waals surface area (Å²) in [7, 11) is 0. The summed E-state index contributed by atoms with van der Waals surface area (Å²) in [4.78, 5) is 10.3. The van der Waals surface area contributed by atoms with Gasteiger partial charge >= 0.3 is 5.97 Å². The van der Waals surface area contributed by atoms with Crippen LogP contribution in [0.25, 0.3) is 0 Å². The van der Waals surface area contributed by atoms with Gasteiger partial charge in [0.25, 0.3) is 0 Å². The summed E-state index contributed by atoms with van der Waals surface area (Å²) in [5.41, 5.74) is 0. The molecule has 9 heavy (non-hydrogen) atoms. The molecule has 0 unspecified atom stereocenters. The van der Waals surface area contributed by atoms with E-state index >= 15 is 0 Å². The lowest BCUT2D eigenvalue weighted by Crippen LogP contribution is -1.95. The van der Waals surface area contributed by atoms with Crippen LogP contribution in [0.2, 0.25) is 0 Å². The van der Waals surface area contributed by atoms with E-state index in [4.69, 9.17) is 5.26 Å². The minimum absolute atomic E-state index is 0.190. The Bertz CT molecular complexity index is 155. The minimum atomic E-state index is -0.518. The lowest BCUT2D eigenvalue weighted by atomic mass is 10.5. The molecule has 3 heteroatoms. The zero-order valence-corrected chi connectivity index (χ0v) is 5.13. The van der Waals surface area contributed by atoms with Crippen molar-refractivity contribution in [3.05, 3.63) is 12.3 Å². The fourth-order valence-electron chi connectivity index (χ4n) is 0.250. The Morgan fingerprint density at radius 1 is 1.89 bits per heavy atom. The van der Waals surface area contributed by atoms with Gasteiger partial charge < -0.3 is 4.74 Å². The number of ether oxygens (including phenoxy) is 1. The number of esters is 1. The van der Waals surface area contributed by atoms with Gasteiger partial charge in [-0.2, -0.15) is 5.26 Å². The molecule has 0 fully saturated rings. The fourth-order valence-corrected chi connectivity index (χ4v) is 0.250. The molecule has 0 bridgehead atoms. The number of nitriles is 1. The summed E-state index contributed by atoms with van der Waals surface area (Å²) in [5, 5.41) is 7.96. The maximum absolute atomic E-state index is 10.3. The highest BCUT2D eigenvalue weighted by molar-refractivity contribution is 5.72. The molecule has 0 aliphatic heterocycles. The Labute approximate surface area is 53.5 Å². The van der Waals surface area contributed by atoms with Gasteiger partial charge in [0.15, 0.2) is 0 Å². The lowest BCUT2D eigenvalue weighted by molar-refractivity contribution is -0.136. The van der Waals surface area contributed by atoms with Crippen molar-refractivity contribution in [2.75, 3.05) is 0 Å². The number of allylic oxidation sites excluding steroid dienone is 1. The van der Waals surface area contributed by atoms with Gasteiger partial charge in [-0.1, -0.05) is 6.08 Å². The molecule has 0 N–H and O–H groups in total. The molecule has 0 saturated heterocycles. The zero-order chi connectivity index (χ0) is 7.11. The molecule has 0 amide bonds. The Morgan fingerprint density at radius 2 is 2.56 bits per heavy atom. The van der Waals surface area contributed by atoms with Crippen molar-refractivity contribution in [3.8, 4) is 6.07 Å². The molecule has 0 spiro atoms. The van der Waals surface area contributed by atoms with E-state index in [1.165, 1.54) is 6.26 Å². The first-order valence-electron chi connectivity index (χ1n) is 2.49. The first-order chi connectivity index (χ1) is 4.31. The van der Waals surface area contributed by atoms with E-state index in [9.17, 15) is 4.79 Å². The highest BCUT2D eigenvalue weighted by Gasteiger charge is 1.95. The minimum Gasteiger partial charge on any atom is -0.434 e. The maximum atomic E-state index is 10.3. The third-order valence-corrected chi connectivity index (χ3v) is 0.559. The van der Waals surface area contributed by atoms with E-state index < -0.39 is 5.97 Å². The molecule has 0 atom stereocenters. The van der Waals surface area contributed by atoms with Gasteiger partial charge in [-0.3, -0.25) is 4.79 Å². The highest BCUT2D eigenvalue weighted by atomic mass is 16.5. The first kappa shape index (κ1) is 7.70. The Hall–Kier alpha value is -1.30. The average molecular weight is 125 g/mol. The molecule has 0 aliphatic rings. The third kappa shape index (κ3) is 4.56. The van der Waals surface area contributed by atoms with Crippen LogP contribution in [0.15, 0.2) is 12.3 Å². The van der Waals surface area contributed by atoms with Crippen LogP contribution in [0.1, 0.15) is 13.3 Å². The van der Waals surface area contributed by atoms with Crippen LogP contribution in [0.3, 0.4) is 0 Å². The number of carbonyl (C=O) groups excluding carboxylic acids is 1. The largest absolute Gasteiger partial charge is 0.434 e. The van der Waals surface area contributed by atoms with Gasteiger partial charge in [0.1, 0.15) is 6.42 Å². The summed E-state index contributed by atoms with van der Waals surface area (Å²) in [5.74, 6) is -0.518. The standard InChI is InChI=1S/C6H7NO2/c1-2-5-9-6(8)3-4-7/h2,5H,3H2,1H3/b5-2+. The predicted molar refractivity (Wildman–Crippen MR) is 31.1 cm³/mol. The quantitative estimate of drug-likeness (QED) is 0.408. The van der Waals surface area contributed by atoms with E-state index in [0.29, 0.717) is 0 Å². The Kier molecular flexibility index (Phi) is 4.15. The third-order valence-electron chi connectivity index (χ3n) is 0.559. The molecule has 0 aliphatic carbocycles. The topological polar surface area (TPSA) is 50.1 Å². The number of hydrogen-bond donors (Lipinski definition) is 0. The van der Waals surface area contributed by atoms with Gasteiger partial charge in [0.05, 0.1) is 12.3 Å². The van der Waals surface area contributed by atoms with E-state index in [0.717, 1.165) is 0 Å². The molecule has 48 valence electrons. The zero-order valence-electron chi connectivity index (χ0n) is 5.13. The summed E-state index contributed by atoms with van der Waals surface area (Å²) in [6, 6.07) is 1.67. The van der Waals surface area contributed by atoms with Gasteiger partial charge in [-0.15, -0.1) is 0 Å². The number of carbonyl (C=O) groups is 1. The second-order valence-corrected chi connectivity index (χ2v) is 1.29. The molecule has 0 rings (SSSR count). The molecule has 3 nitrogen and oxygen atoms in total. The van der Waals surface area contributed by atoms with E-state index in [1.807, 2.05) is 0 Å². The van der Waals surface area contributed by atoms with Crippen molar-refractivity contribution >= 4 is 5.97 Å². The molecule has 0 heterocycles. The second-order valence-electron chi connectivity index (χ2n) is 1.29. The number of rotatable bonds is 2. The first-order valence-corrected chi connectivity index (χ1v) is 2.49. The van der Waals surface area contributed by atoms with E-state index in [-0.39, 0.29) is 6.42 Å². The van der Waals surface area contributed by atoms with Gasteiger partial charge in [0, 0.05) is 0 Å². The van der Waals surface area contributed by atoms with Crippen LogP contribution in [0.4, 0.5) is 0 Å². The molecule has 0 aromatic carbocycles. The van der Waals surface area contributed by atoms with Crippen molar-refractivity contribution in [1.29, 1.82) is 5.26 Å².